The second-order valence-corrected chi connectivity index (χ2v) is 10.3. The van der Waals surface area contributed by atoms with Crippen LogP contribution in [0, 0.1) is 0 Å². The highest BCUT2D eigenvalue weighted by atomic mass is 32.2. The van der Waals surface area contributed by atoms with E-state index < -0.39 is 21.8 Å². The summed E-state index contributed by atoms with van der Waals surface area (Å²) in [6.45, 7) is 2.47. The summed E-state index contributed by atoms with van der Waals surface area (Å²) in [4.78, 5) is 24.9. The highest BCUT2D eigenvalue weighted by Gasteiger charge is 2.31. The van der Waals surface area contributed by atoms with E-state index in [1.807, 2.05) is 18.2 Å². The maximum Gasteiger partial charge on any atom is 0.326 e. The molecule has 0 spiro atoms. The number of aliphatic carboxylic acids is 1. The molecule has 2 heterocycles. The summed E-state index contributed by atoms with van der Waals surface area (Å²) in [7, 11) is -3.35. The van der Waals surface area contributed by atoms with E-state index in [-0.39, 0.29) is 23.8 Å². The number of benzene rings is 2. The molecule has 0 aliphatic carbocycles. The van der Waals surface area contributed by atoms with Crippen molar-refractivity contribution in [3.63, 3.8) is 0 Å². The molecule has 32 heavy (non-hydrogen) atoms. The van der Waals surface area contributed by atoms with Gasteiger partial charge in [0.25, 0.3) is 5.91 Å². The van der Waals surface area contributed by atoms with Gasteiger partial charge in [-0.15, -0.1) is 0 Å². The van der Waals surface area contributed by atoms with Crippen LogP contribution in [0.2, 0.25) is 0 Å². The number of fused-ring (bicyclic) bond motifs is 2. The Morgan fingerprint density at radius 2 is 1.94 bits per heavy atom. The number of hydrogen-bond acceptors (Lipinski definition) is 6. The topological polar surface area (TPSA) is 122 Å². The third-order valence-electron chi connectivity index (χ3n) is 5.71. The fraction of sp³-hybridized carbons (Fsp3) is 0.304. The van der Waals surface area contributed by atoms with Crippen molar-refractivity contribution < 1.29 is 27.9 Å². The van der Waals surface area contributed by atoms with Crippen molar-refractivity contribution in [3.8, 4) is 0 Å². The van der Waals surface area contributed by atoms with Gasteiger partial charge in [-0.05, 0) is 35.2 Å². The molecule has 9 heteroatoms. The van der Waals surface area contributed by atoms with Gasteiger partial charge < -0.3 is 20.5 Å². The maximum absolute atomic E-state index is 12.9. The lowest BCUT2D eigenvalue weighted by molar-refractivity contribution is -0.139. The van der Waals surface area contributed by atoms with E-state index in [2.05, 4.69) is 10.6 Å². The molecule has 3 N–H and O–H groups in total. The van der Waals surface area contributed by atoms with Gasteiger partial charge in [-0.2, -0.15) is 0 Å². The van der Waals surface area contributed by atoms with E-state index in [1.165, 1.54) is 6.92 Å². The summed E-state index contributed by atoms with van der Waals surface area (Å²) < 4.78 is 29.4. The van der Waals surface area contributed by atoms with Crippen LogP contribution in [0.1, 0.15) is 35.6 Å². The first-order valence-corrected chi connectivity index (χ1v) is 12.2. The molecule has 0 fully saturated rings. The Morgan fingerprint density at radius 3 is 2.69 bits per heavy atom. The van der Waals surface area contributed by atoms with Crippen molar-refractivity contribution >= 4 is 38.7 Å². The zero-order valence-electron chi connectivity index (χ0n) is 17.6. The number of ether oxygens (including phenoxy) is 1. The molecule has 1 unspecified atom stereocenters. The summed E-state index contributed by atoms with van der Waals surface area (Å²) in [5, 5.41) is 15.6. The molecule has 0 saturated carbocycles. The minimum absolute atomic E-state index is 0.0616. The number of amides is 1. The zero-order valence-corrected chi connectivity index (χ0v) is 18.4. The Balaban J connectivity index is 1.80. The molecule has 2 aliphatic heterocycles. The number of rotatable bonds is 8. The van der Waals surface area contributed by atoms with Crippen LogP contribution < -0.4 is 10.6 Å². The molecular formula is C23H24N2O6S. The lowest BCUT2D eigenvalue weighted by Crippen LogP contribution is -2.38. The number of para-hydroxylation sites is 1. The van der Waals surface area contributed by atoms with Crippen molar-refractivity contribution in [1.29, 1.82) is 0 Å². The number of carboxylic acid groups (broad SMARTS) is 1. The van der Waals surface area contributed by atoms with Crippen LogP contribution in [-0.4, -0.2) is 42.9 Å². The second kappa shape index (κ2) is 8.76. The molecule has 1 amide bonds. The third kappa shape index (κ3) is 4.39. The lowest BCUT2D eigenvalue weighted by Gasteiger charge is -2.21. The largest absolute Gasteiger partial charge is 0.480 e. The molecule has 2 aliphatic rings. The first kappa shape index (κ1) is 22.0. The Hall–Kier alpha value is -3.17. The minimum atomic E-state index is -3.35. The van der Waals surface area contributed by atoms with Gasteiger partial charge in [0.15, 0.2) is 0 Å². The van der Waals surface area contributed by atoms with E-state index in [1.54, 1.807) is 24.3 Å². The number of carbonyl (C=O) groups excluding carboxylic acids is 1. The molecule has 8 nitrogen and oxygen atoms in total. The predicted octanol–water partition coefficient (Wildman–Crippen LogP) is 2.40. The normalized spacial score (nSPS) is 17.3. The van der Waals surface area contributed by atoms with Crippen molar-refractivity contribution in [2.45, 2.75) is 32.6 Å². The highest BCUT2D eigenvalue weighted by molar-refractivity contribution is 7.91. The van der Waals surface area contributed by atoms with E-state index >= 15 is 0 Å². The lowest BCUT2D eigenvalue weighted by atomic mass is 9.97. The molecule has 2 aromatic rings. The molecule has 168 valence electrons. The van der Waals surface area contributed by atoms with Crippen LogP contribution >= 0.6 is 0 Å². The van der Waals surface area contributed by atoms with E-state index in [4.69, 9.17) is 4.74 Å². The van der Waals surface area contributed by atoms with Crippen LogP contribution in [0.4, 0.5) is 5.69 Å². The van der Waals surface area contributed by atoms with Crippen molar-refractivity contribution in [2.75, 3.05) is 16.8 Å². The smallest absolute Gasteiger partial charge is 0.326 e. The summed E-state index contributed by atoms with van der Waals surface area (Å²) in [5.41, 5.74) is 4.61. The van der Waals surface area contributed by atoms with E-state index in [0.717, 1.165) is 11.1 Å². The average Bonchev–Trinajstić information content (AvgIpc) is 3.37. The average molecular weight is 457 g/mol. The molecule has 0 saturated heterocycles. The predicted molar refractivity (Wildman–Crippen MR) is 120 cm³/mol. The molecule has 1 atom stereocenters. The minimum Gasteiger partial charge on any atom is -0.480 e. The summed E-state index contributed by atoms with van der Waals surface area (Å²) in [5.74, 6) is -1.87. The standard InChI is InChI=1S/C23H24N2O6S/c1-2-32(29,30)10-9-19(23(27)28)24-21(14-7-8-15-12-31-13-16(15)11-14)20-17-5-3-4-6-18(17)25-22(20)26/h3-8,11,19,24H,2,9-10,12-13H2,1H3,(H,25,26)(H,27,28). The van der Waals surface area contributed by atoms with Crippen molar-refractivity contribution in [2.24, 2.45) is 0 Å². The summed E-state index contributed by atoms with van der Waals surface area (Å²) in [6.07, 6.45) is -0.125. The highest BCUT2D eigenvalue weighted by Crippen LogP contribution is 2.37. The number of carbonyl (C=O) groups is 2. The molecule has 4 rings (SSSR count). The van der Waals surface area contributed by atoms with Gasteiger partial charge in [-0.1, -0.05) is 37.3 Å². The van der Waals surface area contributed by atoms with Gasteiger partial charge in [0, 0.05) is 17.0 Å². The number of carboxylic acids is 1. The first-order valence-electron chi connectivity index (χ1n) is 10.3. The number of anilines is 1. The molecular weight excluding hydrogens is 432 g/mol. The summed E-state index contributed by atoms with van der Waals surface area (Å²) in [6, 6.07) is 11.6. The van der Waals surface area contributed by atoms with E-state index in [9.17, 15) is 23.1 Å². The van der Waals surface area contributed by atoms with Crippen LogP contribution in [0.3, 0.4) is 0 Å². The van der Waals surface area contributed by atoms with Crippen molar-refractivity contribution in [1.82, 2.24) is 5.32 Å². The van der Waals surface area contributed by atoms with Crippen LogP contribution in [0.15, 0.2) is 42.5 Å². The van der Waals surface area contributed by atoms with Gasteiger partial charge in [0.2, 0.25) is 0 Å². The van der Waals surface area contributed by atoms with Gasteiger partial charge >= 0.3 is 5.97 Å². The van der Waals surface area contributed by atoms with Crippen LogP contribution in [0.5, 0.6) is 0 Å². The molecule has 2 aromatic carbocycles. The van der Waals surface area contributed by atoms with Gasteiger partial charge in [-0.25, -0.2) is 13.2 Å². The van der Waals surface area contributed by atoms with Crippen molar-refractivity contribution in [3.05, 3.63) is 64.7 Å². The van der Waals surface area contributed by atoms with E-state index in [0.29, 0.717) is 41.3 Å². The van der Waals surface area contributed by atoms with Gasteiger partial charge in [-0.3, -0.25) is 4.79 Å². The van der Waals surface area contributed by atoms with Gasteiger partial charge in [0.1, 0.15) is 15.9 Å². The Labute approximate surface area is 186 Å². The van der Waals surface area contributed by atoms with Gasteiger partial charge in [0.05, 0.1) is 30.2 Å². The maximum atomic E-state index is 12.9. The Kier molecular flexibility index (Phi) is 6.03. The number of hydrogen-bond donors (Lipinski definition) is 3. The first-order chi connectivity index (χ1) is 15.3. The third-order valence-corrected chi connectivity index (χ3v) is 7.44. The SMILES string of the molecule is CCS(=O)(=O)CCC(NC(=C1C(=O)Nc2ccccc21)c1ccc2c(c1)COC2)C(=O)O. The van der Waals surface area contributed by atoms with Crippen LogP contribution in [0.25, 0.3) is 11.3 Å². The fourth-order valence-electron chi connectivity index (χ4n) is 3.87. The summed E-state index contributed by atoms with van der Waals surface area (Å²) >= 11 is 0. The zero-order chi connectivity index (χ0) is 22.9. The number of nitrogens with one attached hydrogen (secondary N) is 2. The molecule has 0 radical (unpaired) electrons. The Bertz CT molecular complexity index is 1220. The molecule has 0 aromatic heterocycles. The quantitative estimate of drug-likeness (QED) is 0.522. The fourth-order valence-corrected chi connectivity index (χ4v) is 4.75. The molecule has 0 bridgehead atoms. The number of sulfone groups is 1. The van der Waals surface area contributed by atoms with Crippen LogP contribution in [-0.2, 0) is 37.4 Å². The second-order valence-electron chi connectivity index (χ2n) is 7.79. The monoisotopic (exact) mass is 456 g/mol. The Morgan fingerprint density at radius 1 is 1.19 bits per heavy atom.